The first-order valence-electron chi connectivity index (χ1n) is 3.56. The van der Waals surface area contributed by atoms with Crippen LogP contribution in [0, 0.1) is 6.92 Å². The van der Waals surface area contributed by atoms with Crippen LogP contribution in [0.1, 0.15) is 5.69 Å². The molecule has 0 atom stereocenters. The first-order chi connectivity index (χ1) is 5.29. The summed E-state index contributed by atoms with van der Waals surface area (Å²) >= 11 is 0. The Morgan fingerprint density at radius 1 is 1.55 bits per heavy atom. The van der Waals surface area contributed by atoms with Crippen molar-refractivity contribution in [3.8, 4) is 0 Å². The van der Waals surface area contributed by atoms with Crippen molar-refractivity contribution in [2.75, 3.05) is 0 Å². The largest absolute Gasteiger partial charge is 0.263 e. The summed E-state index contributed by atoms with van der Waals surface area (Å²) < 4.78 is 4.14. The molecule has 56 valence electrons. The molecule has 2 aromatic heterocycles. The number of fused-ring (bicyclic) bond motifs is 1. The molecule has 0 spiro atoms. The van der Waals surface area contributed by atoms with Crippen molar-refractivity contribution >= 4 is 5.65 Å². The van der Waals surface area contributed by atoms with Gasteiger partial charge < -0.3 is 0 Å². The number of aryl methyl sites for hydroxylation is 2. The zero-order valence-electron chi connectivity index (χ0n) is 6.65. The summed E-state index contributed by atoms with van der Waals surface area (Å²) in [5.41, 5.74) is 2.40. The standard InChI is InChI=1S/C8H10N3/c1-7-5-11-6-9-4-3-8(11)10(7)2/h3-6H,1-2H3/q+1. The Labute approximate surface area is 64.9 Å². The second-order valence-corrected chi connectivity index (χ2v) is 2.68. The molecule has 0 N–H and O–H groups in total. The van der Waals surface area contributed by atoms with E-state index in [-0.39, 0.29) is 0 Å². The molecule has 0 aliphatic heterocycles. The predicted octanol–water partition coefficient (Wildman–Crippen LogP) is 0.467. The van der Waals surface area contributed by atoms with Gasteiger partial charge >= 0.3 is 0 Å². The average Bonchev–Trinajstić information content (AvgIpc) is 2.30. The molecule has 2 aromatic rings. The zero-order valence-corrected chi connectivity index (χ0v) is 6.65. The Hall–Kier alpha value is -1.38. The van der Waals surface area contributed by atoms with Gasteiger partial charge in [0.15, 0.2) is 0 Å². The molecule has 0 saturated carbocycles. The van der Waals surface area contributed by atoms with Gasteiger partial charge in [-0.3, -0.25) is 4.57 Å². The van der Waals surface area contributed by atoms with Crippen LogP contribution in [0.15, 0.2) is 24.8 Å². The van der Waals surface area contributed by atoms with E-state index in [9.17, 15) is 0 Å². The number of hydrogen-bond acceptors (Lipinski definition) is 1. The van der Waals surface area contributed by atoms with Crippen molar-refractivity contribution in [3.05, 3.63) is 30.5 Å². The SMILES string of the molecule is Cc1c[n+]2cnccc2n1C. The molecule has 0 fully saturated rings. The van der Waals surface area contributed by atoms with E-state index in [1.54, 1.807) is 6.20 Å². The van der Waals surface area contributed by atoms with Crippen LogP contribution in [0.25, 0.3) is 5.65 Å². The number of rotatable bonds is 0. The molecule has 0 saturated heterocycles. The maximum atomic E-state index is 4.02. The van der Waals surface area contributed by atoms with Gasteiger partial charge in [-0.2, -0.15) is 0 Å². The third-order valence-corrected chi connectivity index (χ3v) is 1.96. The zero-order chi connectivity index (χ0) is 7.84. The molecule has 11 heavy (non-hydrogen) atoms. The molecule has 2 rings (SSSR count). The molecule has 3 heteroatoms. The average molecular weight is 148 g/mol. The molecule has 2 heterocycles. The van der Waals surface area contributed by atoms with E-state index in [1.807, 2.05) is 23.8 Å². The molecule has 0 bridgehead atoms. The third-order valence-electron chi connectivity index (χ3n) is 1.96. The van der Waals surface area contributed by atoms with E-state index in [4.69, 9.17) is 0 Å². The molecule has 0 radical (unpaired) electrons. The maximum Gasteiger partial charge on any atom is 0.235 e. The van der Waals surface area contributed by atoms with Gasteiger partial charge in [-0.15, -0.1) is 4.98 Å². The van der Waals surface area contributed by atoms with E-state index in [2.05, 4.69) is 22.7 Å². The normalized spacial score (nSPS) is 10.7. The van der Waals surface area contributed by atoms with Crippen LogP contribution in [0.3, 0.4) is 0 Å². The summed E-state index contributed by atoms with van der Waals surface area (Å²) in [5, 5.41) is 0. The van der Waals surface area contributed by atoms with E-state index in [0.29, 0.717) is 0 Å². The highest BCUT2D eigenvalue weighted by Crippen LogP contribution is 1.98. The number of nitrogens with zero attached hydrogens (tertiary/aromatic N) is 3. The van der Waals surface area contributed by atoms with Crippen LogP contribution < -0.4 is 4.40 Å². The summed E-state index contributed by atoms with van der Waals surface area (Å²) in [6, 6.07) is 1.99. The lowest BCUT2D eigenvalue weighted by atomic mass is 10.5. The minimum atomic E-state index is 1.16. The quantitative estimate of drug-likeness (QED) is 0.498. The molecule has 3 nitrogen and oxygen atoms in total. The molecule has 0 aliphatic carbocycles. The third kappa shape index (κ3) is 0.808. The Bertz CT molecular complexity index is 389. The lowest BCUT2D eigenvalue weighted by Gasteiger charge is -1.87. The van der Waals surface area contributed by atoms with Gasteiger partial charge in [0, 0.05) is 6.07 Å². The van der Waals surface area contributed by atoms with Crippen molar-refractivity contribution in [1.29, 1.82) is 0 Å². The van der Waals surface area contributed by atoms with Gasteiger partial charge in [-0.05, 0) is 6.92 Å². The van der Waals surface area contributed by atoms with E-state index in [0.717, 1.165) is 5.65 Å². The van der Waals surface area contributed by atoms with Gasteiger partial charge in [0.2, 0.25) is 12.0 Å². The molecular formula is C8H10N3+. The fourth-order valence-corrected chi connectivity index (χ4v) is 1.22. The van der Waals surface area contributed by atoms with Crippen molar-refractivity contribution in [3.63, 3.8) is 0 Å². The van der Waals surface area contributed by atoms with Gasteiger partial charge in [0.05, 0.1) is 7.05 Å². The van der Waals surface area contributed by atoms with Gasteiger partial charge in [-0.1, -0.05) is 0 Å². The molecule has 0 aliphatic rings. The Balaban J connectivity index is 2.92. The lowest BCUT2D eigenvalue weighted by Crippen LogP contribution is -2.18. The molecule has 0 amide bonds. The van der Waals surface area contributed by atoms with E-state index >= 15 is 0 Å². The van der Waals surface area contributed by atoms with Crippen LogP contribution in [0.2, 0.25) is 0 Å². The smallest absolute Gasteiger partial charge is 0.235 e. The molecule has 0 unspecified atom stereocenters. The van der Waals surface area contributed by atoms with Crippen molar-refractivity contribution in [2.45, 2.75) is 6.92 Å². The minimum Gasteiger partial charge on any atom is -0.263 e. The number of hydrogen-bond donors (Lipinski definition) is 0. The van der Waals surface area contributed by atoms with Gasteiger partial charge in [-0.25, -0.2) is 4.40 Å². The first kappa shape index (κ1) is 6.34. The van der Waals surface area contributed by atoms with Gasteiger partial charge in [0.1, 0.15) is 18.1 Å². The summed E-state index contributed by atoms with van der Waals surface area (Å²) in [7, 11) is 2.05. The molecule has 0 aromatic carbocycles. The van der Waals surface area contributed by atoms with E-state index in [1.165, 1.54) is 5.69 Å². The fourth-order valence-electron chi connectivity index (χ4n) is 1.22. The highest BCUT2D eigenvalue weighted by atomic mass is 15.1. The molecular weight excluding hydrogens is 138 g/mol. The Morgan fingerprint density at radius 3 is 3.09 bits per heavy atom. The second-order valence-electron chi connectivity index (χ2n) is 2.68. The van der Waals surface area contributed by atoms with Crippen molar-refractivity contribution in [2.24, 2.45) is 7.05 Å². The minimum absolute atomic E-state index is 1.16. The monoisotopic (exact) mass is 148 g/mol. The fraction of sp³-hybridized carbons (Fsp3) is 0.250. The lowest BCUT2D eigenvalue weighted by molar-refractivity contribution is -0.514. The van der Waals surface area contributed by atoms with Crippen LogP contribution >= 0.6 is 0 Å². The number of imidazole rings is 1. The van der Waals surface area contributed by atoms with Crippen LogP contribution in [-0.4, -0.2) is 9.55 Å². The second kappa shape index (κ2) is 2.05. The topological polar surface area (TPSA) is 21.9 Å². The Kier molecular flexibility index (Phi) is 1.18. The van der Waals surface area contributed by atoms with Crippen LogP contribution in [-0.2, 0) is 7.05 Å². The summed E-state index contributed by atoms with van der Waals surface area (Å²) in [5.74, 6) is 0. The highest BCUT2D eigenvalue weighted by molar-refractivity contribution is 5.29. The highest BCUT2D eigenvalue weighted by Gasteiger charge is 2.05. The summed E-state index contributed by atoms with van der Waals surface area (Å²) in [6.07, 6.45) is 5.67. The van der Waals surface area contributed by atoms with Crippen LogP contribution in [0.5, 0.6) is 0 Å². The first-order valence-corrected chi connectivity index (χ1v) is 3.56. The number of aromatic nitrogens is 3. The van der Waals surface area contributed by atoms with Crippen LogP contribution in [0.4, 0.5) is 0 Å². The maximum absolute atomic E-state index is 4.02. The van der Waals surface area contributed by atoms with E-state index < -0.39 is 0 Å². The Morgan fingerprint density at radius 2 is 2.36 bits per heavy atom. The van der Waals surface area contributed by atoms with Crippen molar-refractivity contribution < 1.29 is 4.40 Å². The van der Waals surface area contributed by atoms with Crippen molar-refractivity contribution in [1.82, 2.24) is 9.55 Å². The summed E-state index contributed by atoms with van der Waals surface area (Å²) in [6.45, 7) is 2.08. The predicted molar refractivity (Wildman–Crippen MR) is 41.1 cm³/mol. The van der Waals surface area contributed by atoms with Gasteiger partial charge in [0.25, 0.3) is 0 Å². The summed E-state index contributed by atoms with van der Waals surface area (Å²) in [4.78, 5) is 4.02.